The molecular formula is C21H25BO4. The van der Waals surface area contributed by atoms with Crippen LogP contribution in [0.3, 0.4) is 0 Å². The van der Waals surface area contributed by atoms with Gasteiger partial charge in [0.05, 0.1) is 17.8 Å². The van der Waals surface area contributed by atoms with Gasteiger partial charge in [0.2, 0.25) is 0 Å². The van der Waals surface area contributed by atoms with E-state index in [-0.39, 0.29) is 18.3 Å². The number of hydrogen-bond acceptors (Lipinski definition) is 4. The third-order valence-corrected chi connectivity index (χ3v) is 5.50. The number of furan rings is 1. The van der Waals surface area contributed by atoms with Crippen molar-refractivity contribution in [3.05, 3.63) is 42.5 Å². The summed E-state index contributed by atoms with van der Waals surface area (Å²) in [6.45, 7) is 8.94. The molecule has 5 heteroatoms. The number of ether oxygens (including phenoxy) is 1. The Morgan fingerprint density at radius 3 is 2.35 bits per heavy atom. The summed E-state index contributed by atoms with van der Waals surface area (Å²) in [4.78, 5) is 0. The Hall–Kier alpha value is -1.98. The van der Waals surface area contributed by atoms with E-state index in [4.69, 9.17) is 18.5 Å². The van der Waals surface area contributed by atoms with Crippen molar-refractivity contribution in [3.63, 3.8) is 0 Å². The molecule has 3 aromatic rings. The van der Waals surface area contributed by atoms with E-state index in [0.717, 1.165) is 40.4 Å². The average Bonchev–Trinajstić information content (AvgIpc) is 3.05. The normalized spacial score (nSPS) is 18.7. The molecular weight excluding hydrogens is 327 g/mol. The fourth-order valence-corrected chi connectivity index (χ4v) is 3.32. The molecule has 0 saturated carbocycles. The van der Waals surface area contributed by atoms with Crippen LogP contribution in [0.4, 0.5) is 0 Å². The van der Waals surface area contributed by atoms with Crippen molar-refractivity contribution in [1.29, 1.82) is 0 Å². The summed E-state index contributed by atoms with van der Waals surface area (Å²) in [6.07, 6.45) is 1.70. The van der Waals surface area contributed by atoms with Crippen LogP contribution in [-0.2, 0) is 9.31 Å². The predicted octanol–water partition coefficient (Wildman–Crippen LogP) is 5.45. The largest absolute Gasteiger partial charge is 0.494 e. The van der Waals surface area contributed by atoms with Gasteiger partial charge in [-0.2, -0.15) is 0 Å². The second kappa shape index (κ2) is 6.32. The van der Waals surface area contributed by atoms with Crippen LogP contribution < -0.4 is 4.74 Å². The zero-order valence-corrected chi connectivity index (χ0v) is 15.9. The van der Waals surface area contributed by atoms with Crippen LogP contribution in [-0.4, -0.2) is 24.9 Å². The number of hydrogen-bond donors (Lipinski definition) is 0. The van der Waals surface area contributed by atoms with E-state index in [9.17, 15) is 0 Å². The zero-order valence-electron chi connectivity index (χ0n) is 15.9. The predicted molar refractivity (Wildman–Crippen MR) is 105 cm³/mol. The zero-order chi connectivity index (χ0) is 18.4. The molecule has 0 bridgehead atoms. The van der Waals surface area contributed by atoms with Crippen molar-refractivity contribution in [2.75, 3.05) is 6.61 Å². The first-order valence-corrected chi connectivity index (χ1v) is 9.25. The number of benzene rings is 2. The SMILES string of the molecule is CC1(C)OB(CCCOc2ccc3oc4ccccc4c3c2)OC1(C)C. The fraction of sp³-hybridized carbons (Fsp3) is 0.429. The van der Waals surface area contributed by atoms with Crippen LogP contribution in [0.25, 0.3) is 21.9 Å². The van der Waals surface area contributed by atoms with Gasteiger partial charge in [-0.05, 0) is 64.7 Å². The second-order valence-electron chi connectivity index (χ2n) is 7.93. The van der Waals surface area contributed by atoms with Crippen LogP contribution in [0.5, 0.6) is 5.75 Å². The third-order valence-electron chi connectivity index (χ3n) is 5.50. The van der Waals surface area contributed by atoms with Gasteiger partial charge >= 0.3 is 7.12 Å². The van der Waals surface area contributed by atoms with Crippen LogP contribution in [0, 0.1) is 0 Å². The number of fused-ring (bicyclic) bond motifs is 3. The molecule has 0 aliphatic carbocycles. The maximum absolute atomic E-state index is 6.02. The quantitative estimate of drug-likeness (QED) is 0.452. The number of rotatable bonds is 5. The van der Waals surface area contributed by atoms with E-state index in [1.807, 2.05) is 30.3 Å². The highest BCUT2D eigenvalue weighted by atomic mass is 16.7. The highest BCUT2D eigenvalue weighted by molar-refractivity contribution is 6.45. The van der Waals surface area contributed by atoms with Gasteiger partial charge in [0.15, 0.2) is 0 Å². The van der Waals surface area contributed by atoms with Gasteiger partial charge in [-0.15, -0.1) is 0 Å². The Balaban J connectivity index is 1.36. The Morgan fingerprint density at radius 1 is 0.885 bits per heavy atom. The summed E-state index contributed by atoms with van der Waals surface area (Å²) in [5.41, 5.74) is 1.24. The third kappa shape index (κ3) is 3.10. The highest BCUT2D eigenvalue weighted by Gasteiger charge is 2.50. The van der Waals surface area contributed by atoms with E-state index in [1.165, 1.54) is 0 Å². The van der Waals surface area contributed by atoms with Gasteiger partial charge in [-0.25, -0.2) is 0 Å². The topological polar surface area (TPSA) is 40.8 Å². The molecule has 1 saturated heterocycles. The molecule has 4 nitrogen and oxygen atoms in total. The van der Waals surface area contributed by atoms with Gasteiger partial charge in [0, 0.05) is 10.8 Å². The molecule has 0 N–H and O–H groups in total. The van der Waals surface area contributed by atoms with Gasteiger partial charge in [0.25, 0.3) is 0 Å². The molecule has 0 unspecified atom stereocenters. The lowest BCUT2D eigenvalue weighted by Crippen LogP contribution is -2.41. The van der Waals surface area contributed by atoms with E-state index in [0.29, 0.717) is 6.61 Å². The molecule has 0 spiro atoms. The molecule has 1 fully saturated rings. The number of para-hydroxylation sites is 1. The lowest BCUT2D eigenvalue weighted by atomic mass is 9.83. The maximum Gasteiger partial charge on any atom is 0.457 e. The van der Waals surface area contributed by atoms with Gasteiger partial charge in [0.1, 0.15) is 16.9 Å². The summed E-state index contributed by atoms with van der Waals surface area (Å²) in [5, 5.41) is 2.20. The fourth-order valence-electron chi connectivity index (χ4n) is 3.32. The van der Waals surface area contributed by atoms with E-state index >= 15 is 0 Å². The van der Waals surface area contributed by atoms with E-state index in [1.54, 1.807) is 0 Å². The minimum atomic E-state index is -0.272. The Morgan fingerprint density at radius 2 is 1.58 bits per heavy atom. The summed E-state index contributed by atoms with van der Waals surface area (Å²) in [6, 6.07) is 14.0. The second-order valence-corrected chi connectivity index (χ2v) is 7.93. The lowest BCUT2D eigenvalue weighted by Gasteiger charge is -2.32. The molecule has 0 atom stereocenters. The molecule has 2 aromatic carbocycles. The summed E-state index contributed by atoms with van der Waals surface area (Å²) >= 11 is 0. The van der Waals surface area contributed by atoms with Crippen molar-refractivity contribution in [2.45, 2.75) is 51.6 Å². The molecule has 136 valence electrons. The van der Waals surface area contributed by atoms with Gasteiger partial charge in [-0.1, -0.05) is 18.2 Å². The monoisotopic (exact) mass is 352 g/mol. The molecule has 1 aliphatic rings. The van der Waals surface area contributed by atoms with Crippen LogP contribution in [0.1, 0.15) is 34.1 Å². The van der Waals surface area contributed by atoms with Gasteiger partial charge < -0.3 is 18.5 Å². The van der Waals surface area contributed by atoms with Crippen LogP contribution in [0.15, 0.2) is 46.9 Å². The van der Waals surface area contributed by atoms with Crippen molar-refractivity contribution in [3.8, 4) is 5.75 Å². The first-order chi connectivity index (χ1) is 12.4. The summed E-state index contributed by atoms with van der Waals surface area (Å²) < 4.78 is 23.8. The Bertz CT molecular complexity index is 912. The molecule has 4 rings (SSSR count). The van der Waals surface area contributed by atoms with Crippen molar-refractivity contribution in [2.24, 2.45) is 0 Å². The summed E-state index contributed by atoms with van der Waals surface area (Å²) in [5.74, 6) is 0.859. The van der Waals surface area contributed by atoms with Gasteiger partial charge in [-0.3, -0.25) is 0 Å². The smallest absolute Gasteiger partial charge is 0.457 e. The first kappa shape index (κ1) is 17.4. The Kier molecular flexibility index (Phi) is 4.24. The highest BCUT2D eigenvalue weighted by Crippen LogP contribution is 2.38. The van der Waals surface area contributed by atoms with E-state index < -0.39 is 0 Å². The molecule has 0 amide bonds. The minimum absolute atomic E-state index is 0.163. The molecule has 26 heavy (non-hydrogen) atoms. The molecule has 1 aliphatic heterocycles. The first-order valence-electron chi connectivity index (χ1n) is 9.25. The maximum atomic E-state index is 6.02. The van der Waals surface area contributed by atoms with Crippen molar-refractivity contribution >= 4 is 29.1 Å². The van der Waals surface area contributed by atoms with Crippen LogP contribution >= 0.6 is 0 Å². The standard InChI is InChI=1S/C21H25BO4/c1-20(2)21(3,4)26-22(25-20)12-7-13-23-15-10-11-19-17(14-15)16-8-5-6-9-18(16)24-19/h5-6,8-11,14H,7,12-13H2,1-4H3. The van der Waals surface area contributed by atoms with Crippen molar-refractivity contribution in [1.82, 2.24) is 0 Å². The summed E-state index contributed by atoms with van der Waals surface area (Å²) in [7, 11) is -0.163. The van der Waals surface area contributed by atoms with E-state index in [2.05, 4.69) is 39.8 Å². The van der Waals surface area contributed by atoms with Crippen molar-refractivity contribution < 1.29 is 18.5 Å². The minimum Gasteiger partial charge on any atom is -0.494 e. The average molecular weight is 352 g/mol. The molecule has 2 heterocycles. The Labute approximate surface area is 154 Å². The molecule has 0 radical (unpaired) electrons. The lowest BCUT2D eigenvalue weighted by molar-refractivity contribution is 0.00578. The molecule has 1 aromatic heterocycles. The van der Waals surface area contributed by atoms with Crippen LogP contribution in [0.2, 0.25) is 6.32 Å².